The zero-order valence-corrected chi connectivity index (χ0v) is 11.8. The smallest absolute Gasteiger partial charge is 0.347 e. The summed E-state index contributed by atoms with van der Waals surface area (Å²) in [6, 6.07) is 0. The van der Waals surface area contributed by atoms with Crippen LogP contribution in [0.2, 0.25) is 0 Å². The largest absolute Gasteiger partial charge is 0.477 e. The molecule has 1 aromatic heterocycles. The number of hydrogen-bond acceptors (Lipinski definition) is 4. The van der Waals surface area contributed by atoms with Crippen molar-refractivity contribution in [3.05, 3.63) is 15.6 Å². The summed E-state index contributed by atoms with van der Waals surface area (Å²) in [7, 11) is 0. The summed E-state index contributed by atoms with van der Waals surface area (Å²) < 4.78 is 5.45. The standard InChI is InChI=1S/C13H19NO3S/c1-13(2,3)10-9(12(15)16)18-11(14-10)8-5-4-6-17-7-8/h8H,4-7H2,1-3H3,(H,15,16). The van der Waals surface area contributed by atoms with Crippen LogP contribution in [0.25, 0.3) is 0 Å². The summed E-state index contributed by atoms with van der Waals surface area (Å²) in [6.45, 7) is 7.46. The van der Waals surface area contributed by atoms with E-state index >= 15 is 0 Å². The van der Waals surface area contributed by atoms with E-state index in [1.54, 1.807) is 0 Å². The molecule has 1 aromatic rings. The molecule has 0 aromatic carbocycles. The number of nitrogens with zero attached hydrogens (tertiary/aromatic N) is 1. The van der Waals surface area contributed by atoms with Crippen molar-refractivity contribution in [2.45, 2.75) is 44.9 Å². The Balaban J connectivity index is 2.35. The first-order valence-corrected chi connectivity index (χ1v) is 7.03. The van der Waals surface area contributed by atoms with Crippen LogP contribution in [0, 0.1) is 0 Å². The predicted octanol–water partition coefficient (Wildman–Crippen LogP) is 3.03. The van der Waals surface area contributed by atoms with Gasteiger partial charge in [-0.1, -0.05) is 20.8 Å². The summed E-state index contributed by atoms with van der Waals surface area (Å²) in [6.07, 6.45) is 2.06. The Morgan fingerprint density at radius 3 is 2.67 bits per heavy atom. The molecule has 0 amide bonds. The van der Waals surface area contributed by atoms with Crippen LogP contribution in [0.5, 0.6) is 0 Å². The van der Waals surface area contributed by atoms with E-state index in [2.05, 4.69) is 4.98 Å². The third kappa shape index (κ3) is 2.72. The zero-order valence-electron chi connectivity index (χ0n) is 11.0. The van der Waals surface area contributed by atoms with Gasteiger partial charge in [0.25, 0.3) is 0 Å². The fraction of sp³-hybridized carbons (Fsp3) is 0.692. The molecule has 1 aliphatic heterocycles. The Morgan fingerprint density at radius 2 is 2.22 bits per heavy atom. The molecule has 1 N–H and O–H groups in total. The molecule has 2 rings (SSSR count). The maximum absolute atomic E-state index is 11.3. The molecule has 100 valence electrons. The minimum absolute atomic E-state index is 0.238. The van der Waals surface area contributed by atoms with Gasteiger partial charge in [-0.15, -0.1) is 11.3 Å². The third-order valence-corrected chi connectivity index (χ3v) is 4.26. The SMILES string of the molecule is CC(C)(C)c1nc(C2CCCOC2)sc1C(=O)O. The molecule has 1 aliphatic rings. The second-order valence-corrected chi connectivity index (χ2v) is 6.73. The van der Waals surface area contributed by atoms with E-state index in [0.29, 0.717) is 17.2 Å². The van der Waals surface area contributed by atoms with Crippen LogP contribution in [0.15, 0.2) is 0 Å². The van der Waals surface area contributed by atoms with Crippen molar-refractivity contribution in [2.75, 3.05) is 13.2 Å². The zero-order chi connectivity index (χ0) is 13.3. The van der Waals surface area contributed by atoms with Crippen molar-refractivity contribution in [1.82, 2.24) is 4.98 Å². The molecule has 4 nitrogen and oxygen atoms in total. The van der Waals surface area contributed by atoms with E-state index in [1.807, 2.05) is 20.8 Å². The first-order chi connectivity index (χ1) is 8.39. The van der Waals surface area contributed by atoms with Crippen molar-refractivity contribution < 1.29 is 14.6 Å². The van der Waals surface area contributed by atoms with Crippen LogP contribution < -0.4 is 0 Å². The Bertz CT molecular complexity index is 442. The Labute approximate surface area is 111 Å². The quantitative estimate of drug-likeness (QED) is 0.896. The van der Waals surface area contributed by atoms with Crippen LogP contribution in [-0.4, -0.2) is 29.3 Å². The number of ether oxygens (including phenoxy) is 1. The van der Waals surface area contributed by atoms with E-state index in [-0.39, 0.29) is 11.3 Å². The van der Waals surface area contributed by atoms with Gasteiger partial charge in [0.15, 0.2) is 0 Å². The molecule has 0 spiro atoms. The minimum Gasteiger partial charge on any atom is -0.477 e. The van der Waals surface area contributed by atoms with Gasteiger partial charge >= 0.3 is 5.97 Å². The van der Waals surface area contributed by atoms with Gasteiger partial charge < -0.3 is 9.84 Å². The molecule has 2 heterocycles. The van der Waals surface area contributed by atoms with Gasteiger partial charge in [-0.3, -0.25) is 0 Å². The van der Waals surface area contributed by atoms with Crippen molar-refractivity contribution in [2.24, 2.45) is 0 Å². The number of carboxylic acid groups (broad SMARTS) is 1. The summed E-state index contributed by atoms with van der Waals surface area (Å²) in [5.74, 6) is -0.613. The molecule has 0 bridgehead atoms. The molecule has 0 saturated carbocycles. The highest BCUT2D eigenvalue weighted by molar-refractivity contribution is 7.13. The van der Waals surface area contributed by atoms with Gasteiger partial charge in [-0.25, -0.2) is 9.78 Å². The fourth-order valence-electron chi connectivity index (χ4n) is 2.10. The maximum atomic E-state index is 11.3. The molecule has 0 radical (unpaired) electrons. The van der Waals surface area contributed by atoms with Gasteiger partial charge in [0.05, 0.1) is 17.3 Å². The predicted molar refractivity (Wildman–Crippen MR) is 70.6 cm³/mol. The summed E-state index contributed by atoms with van der Waals surface area (Å²) in [5.41, 5.74) is 0.457. The van der Waals surface area contributed by atoms with Crippen LogP contribution in [-0.2, 0) is 10.2 Å². The van der Waals surface area contributed by atoms with E-state index in [0.717, 1.165) is 24.5 Å². The van der Waals surface area contributed by atoms with E-state index in [1.165, 1.54) is 11.3 Å². The summed E-state index contributed by atoms with van der Waals surface area (Å²) in [4.78, 5) is 16.3. The lowest BCUT2D eigenvalue weighted by Crippen LogP contribution is -2.17. The minimum atomic E-state index is -0.875. The molecule has 0 aliphatic carbocycles. The molecule has 1 unspecified atom stereocenters. The average molecular weight is 269 g/mol. The van der Waals surface area contributed by atoms with Crippen LogP contribution >= 0.6 is 11.3 Å². The first-order valence-electron chi connectivity index (χ1n) is 6.22. The normalized spacial score (nSPS) is 20.9. The topological polar surface area (TPSA) is 59.4 Å². The van der Waals surface area contributed by atoms with Gasteiger partial charge in [0.1, 0.15) is 4.88 Å². The Kier molecular flexibility index (Phi) is 3.73. The van der Waals surface area contributed by atoms with Crippen molar-refractivity contribution in [3.63, 3.8) is 0 Å². The average Bonchev–Trinajstić information content (AvgIpc) is 2.74. The molecule has 1 atom stereocenters. The van der Waals surface area contributed by atoms with Crippen molar-refractivity contribution >= 4 is 17.3 Å². The fourth-order valence-corrected chi connectivity index (χ4v) is 3.33. The monoisotopic (exact) mass is 269 g/mol. The summed E-state index contributed by atoms with van der Waals surface area (Å²) in [5, 5.41) is 10.2. The highest BCUT2D eigenvalue weighted by atomic mass is 32.1. The van der Waals surface area contributed by atoms with Gasteiger partial charge in [0.2, 0.25) is 0 Å². The molecule has 18 heavy (non-hydrogen) atoms. The molecule has 1 saturated heterocycles. The lowest BCUT2D eigenvalue weighted by Gasteiger charge is -2.20. The number of thiazole rings is 1. The number of carbonyl (C=O) groups is 1. The van der Waals surface area contributed by atoms with Crippen molar-refractivity contribution in [3.8, 4) is 0 Å². The van der Waals surface area contributed by atoms with Gasteiger partial charge in [-0.05, 0) is 12.8 Å². The Morgan fingerprint density at radius 1 is 1.50 bits per heavy atom. The number of aromatic carboxylic acids is 1. The lowest BCUT2D eigenvalue weighted by molar-refractivity contribution is 0.0699. The van der Waals surface area contributed by atoms with E-state index in [4.69, 9.17) is 4.74 Å². The number of aromatic nitrogens is 1. The molecule has 5 heteroatoms. The van der Waals surface area contributed by atoms with Crippen LogP contribution in [0.3, 0.4) is 0 Å². The second kappa shape index (κ2) is 4.97. The highest BCUT2D eigenvalue weighted by Crippen LogP contribution is 2.35. The summed E-state index contributed by atoms with van der Waals surface area (Å²) >= 11 is 1.31. The lowest BCUT2D eigenvalue weighted by atomic mass is 9.91. The molecular formula is C13H19NO3S. The van der Waals surface area contributed by atoms with Crippen LogP contribution in [0.4, 0.5) is 0 Å². The molecule has 1 fully saturated rings. The van der Waals surface area contributed by atoms with Crippen LogP contribution in [0.1, 0.15) is 59.9 Å². The first kappa shape index (κ1) is 13.5. The van der Waals surface area contributed by atoms with Gasteiger partial charge in [-0.2, -0.15) is 0 Å². The number of rotatable bonds is 2. The van der Waals surface area contributed by atoms with Gasteiger partial charge in [0, 0.05) is 17.9 Å². The number of hydrogen-bond donors (Lipinski definition) is 1. The third-order valence-electron chi connectivity index (χ3n) is 3.06. The maximum Gasteiger partial charge on any atom is 0.347 e. The second-order valence-electron chi connectivity index (χ2n) is 5.70. The van der Waals surface area contributed by atoms with Crippen molar-refractivity contribution in [1.29, 1.82) is 0 Å². The van der Waals surface area contributed by atoms with E-state index < -0.39 is 5.97 Å². The number of carboxylic acids is 1. The highest BCUT2D eigenvalue weighted by Gasteiger charge is 2.29. The van der Waals surface area contributed by atoms with E-state index in [9.17, 15) is 9.90 Å². The Hall–Kier alpha value is -0.940. The molecular weight excluding hydrogens is 250 g/mol.